The first-order valence-corrected chi connectivity index (χ1v) is 10.9. The molecule has 0 amide bonds. The highest BCUT2D eigenvalue weighted by Gasteiger charge is 2.31. The second-order valence-electron chi connectivity index (χ2n) is 8.44. The van der Waals surface area contributed by atoms with Gasteiger partial charge in [0.2, 0.25) is 0 Å². The van der Waals surface area contributed by atoms with Gasteiger partial charge in [0.05, 0.1) is 0 Å². The van der Waals surface area contributed by atoms with Crippen molar-refractivity contribution in [2.45, 2.75) is 89.9 Å². The van der Waals surface area contributed by atoms with Gasteiger partial charge in [-0.2, -0.15) is 0 Å². The lowest BCUT2D eigenvalue weighted by Gasteiger charge is -2.38. The van der Waals surface area contributed by atoms with E-state index in [1.165, 1.54) is 82.6 Å². The Hall–Kier alpha value is -0.490. The molecule has 134 valence electrons. The van der Waals surface area contributed by atoms with Crippen LogP contribution < -0.4 is 0 Å². The molecule has 1 aromatic carbocycles. The monoisotopic (exact) mass is 346 g/mol. The Kier molecular flexibility index (Phi) is 7.07. The van der Waals surface area contributed by atoms with E-state index < -0.39 is 0 Å². The Morgan fingerprint density at radius 1 is 0.792 bits per heavy atom. The van der Waals surface area contributed by atoms with Crippen LogP contribution in [0.1, 0.15) is 95.5 Å². The maximum Gasteiger partial charge on any atom is 0.0406 e. The first kappa shape index (κ1) is 18.3. The molecule has 0 atom stereocenters. The average Bonchev–Trinajstić information content (AvgIpc) is 2.63. The van der Waals surface area contributed by atoms with Crippen molar-refractivity contribution in [1.82, 2.24) is 0 Å². The standard InChI is InChI=1S/C23H35Cl/c1-2-3-4-5-18-6-8-19(9-7-18)20-10-12-21(13-11-20)22-14-16-23(24)17-15-22/h14-21H,2-13H2,1H3/t18-,19-,20?,21?. The van der Waals surface area contributed by atoms with Gasteiger partial charge in [0.25, 0.3) is 0 Å². The summed E-state index contributed by atoms with van der Waals surface area (Å²) in [6.07, 6.45) is 17.6. The van der Waals surface area contributed by atoms with Gasteiger partial charge in [-0.15, -0.1) is 0 Å². The molecular weight excluding hydrogens is 312 g/mol. The lowest BCUT2D eigenvalue weighted by molar-refractivity contribution is 0.155. The topological polar surface area (TPSA) is 0 Å². The fourth-order valence-corrected chi connectivity index (χ4v) is 5.42. The van der Waals surface area contributed by atoms with E-state index in [4.69, 9.17) is 11.6 Å². The number of halogens is 1. The molecule has 0 spiro atoms. The van der Waals surface area contributed by atoms with Crippen molar-refractivity contribution in [3.05, 3.63) is 34.9 Å². The molecule has 2 aliphatic carbocycles. The van der Waals surface area contributed by atoms with Crippen LogP contribution in [0.3, 0.4) is 0 Å². The predicted octanol–water partition coefficient (Wildman–Crippen LogP) is 8.00. The summed E-state index contributed by atoms with van der Waals surface area (Å²) >= 11 is 6.03. The number of hydrogen-bond donors (Lipinski definition) is 0. The SMILES string of the molecule is CCCCC[C@H]1CC[C@H](C2CCC(c3ccc(Cl)cc3)CC2)CC1. The Morgan fingerprint density at radius 3 is 1.96 bits per heavy atom. The third kappa shape index (κ3) is 5.01. The molecule has 0 heterocycles. The molecule has 0 bridgehead atoms. The number of rotatable bonds is 6. The summed E-state index contributed by atoms with van der Waals surface area (Å²) in [7, 11) is 0. The van der Waals surface area contributed by atoms with Crippen molar-refractivity contribution in [1.29, 1.82) is 0 Å². The molecule has 1 aromatic rings. The van der Waals surface area contributed by atoms with Gasteiger partial charge in [-0.3, -0.25) is 0 Å². The highest BCUT2D eigenvalue weighted by atomic mass is 35.5. The molecule has 1 heteroatoms. The summed E-state index contributed by atoms with van der Waals surface area (Å²) in [5.41, 5.74) is 1.51. The highest BCUT2D eigenvalue weighted by molar-refractivity contribution is 6.30. The lowest BCUT2D eigenvalue weighted by Crippen LogP contribution is -2.25. The first-order chi connectivity index (χ1) is 11.8. The van der Waals surface area contributed by atoms with Crippen LogP contribution in [0, 0.1) is 17.8 Å². The van der Waals surface area contributed by atoms with Crippen LogP contribution in [0.5, 0.6) is 0 Å². The van der Waals surface area contributed by atoms with E-state index >= 15 is 0 Å². The van der Waals surface area contributed by atoms with Gasteiger partial charge in [0.1, 0.15) is 0 Å². The van der Waals surface area contributed by atoms with Crippen LogP contribution >= 0.6 is 11.6 Å². The lowest BCUT2D eigenvalue weighted by atomic mass is 9.68. The summed E-state index contributed by atoms with van der Waals surface area (Å²) in [5, 5.41) is 0.864. The summed E-state index contributed by atoms with van der Waals surface area (Å²) in [5.74, 6) is 3.89. The normalized spacial score (nSPS) is 31.1. The highest BCUT2D eigenvalue weighted by Crippen LogP contribution is 2.44. The van der Waals surface area contributed by atoms with Crippen LogP contribution in [-0.4, -0.2) is 0 Å². The van der Waals surface area contributed by atoms with Crippen molar-refractivity contribution in [3.63, 3.8) is 0 Å². The van der Waals surface area contributed by atoms with Crippen molar-refractivity contribution in [2.75, 3.05) is 0 Å². The molecule has 2 saturated carbocycles. The molecule has 0 aliphatic heterocycles. The third-order valence-electron chi connectivity index (χ3n) is 6.89. The molecule has 0 nitrogen and oxygen atoms in total. The van der Waals surface area contributed by atoms with Crippen molar-refractivity contribution in [2.24, 2.45) is 17.8 Å². The van der Waals surface area contributed by atoms with Gasteiger partial charge in [0.15, 0.2) is 0 Å². The third-order valence-corrected chi connectivity index (χ3v) is 7.14. The van der Waals surface area contributed by atoms with Crippen LogP contribution in [0.4, 0.5) is 0 Å². The largest absolute Gasteiger partial charge is 0.0843 e. The van der Waals surface area contributed by atoms with E-state index in [1.54, 1.807) is 0 Å². The zero-order valence-corrected chi connectivity index (χ0v) is 16.2. The van der Waals surface area contributed by atoms with E-state index in [9.17, 15) is 0 Å². The van der Waals surface area contributed by atoms with Crippen LogP contribution in [-0.2, 0) is 0 Å². The molecule has 3 rings (SSSR count). The minimum Gasteiger partial charge on any atom is -0.0843 e. The van der Waals surface area contributed by atoms with Crippen LogP contribution in [0.15, 0.2) is 24.3 Å². The summed E-state index contributed by atoms with van der Waals surface area (Å²) < 4.78 is 0. The predicted molar refractivity (Wildman–Crippen MR) is 106 cm³/mol. The first-order valence-electron chi connectivity index (χ1n) is 10.5. The Bertz CT molecular complexity index is 461. The minimum absolute atomic E-state index is 0.781. The minimum atomic E-state index is 0.781. The summed E-state index contributed by atoms with van der Waals surface area (Å²) in [6, 6.07) is 8.61. The summed E-state index contributed by atoms with van der Waals surface area (Å²) in [6.45, 7) is 2.32. The maximum absolute atomic E-state index is 6.03. The Morgan fingerprint density at radius 2 is 1.38 bits per heavy atom. The fraction of sp³-hybridized carbons (Fsp3) is 0.739. The van der Waals surface area contributed by atoms with E-state index in [0.717, 1.165) is 28.7 Å². The van der Waals surface area contributed by atoms with Crippen molar-refractivity contribution < 1.29 is 0 Å². The van der Waals surface area contributed by atoms with Gasteiger partial charge in [-0.25, -0.2) is 0 Å². The number of hydrogen-bond acceptors (Lipinski definition) is 0. The molecule has 0 radical (unpaired) electrons. The van der Waals surface area contributed by atoms with E-state index in [-0.39, 0.29) is 0 Å². The molecule has 0 saturated heterocycles. The van der Waals surface area contributed by atoms with Crippen LogP contribution in [0.2, 0.25) is 5.02 Å². The van der Waals surface area contributed by atoms with Gasteiger partial charge >= 0.3 is 0 Å². The molecule has 24 heavy (non-hydrogen) atoms. The molecule has 2 aliphatic rings. The molecule has 0 aromatic heterocycles. The second kappa shape index (κ2) is 9.27. The quantitative estimate of drug-likeness (QED) is 0.457. The molecular formula is C23H35Cl. The van der Waals surface area contributed by atoms with Gasteiger partial charge < -0.3 is 0 Å². The number of unbranched alkanes of at least 4 members (excludes halogenated alkanes) is 2. The van der Waals surface area contributed by atoms with E-state index in [0.29, 0.717) is 0 Å². The van der Waals surface area contributed by atoms with Gasteiger partial charge in [-0.05, 0) is 79.9 Å². The maximum atomic E-state index is 6.03. The number of benzene rings is 1. The van der Waals surface area contributed by atoms with Crippen molar-refractivity contribution in [3.8, 4) is 0 Å². The Balaban J connectivity index is 1.40. The van der Waals surface area contributed by atoms with E-state index in [1.807, 2.05) is 0 Å². The molecule has 0 N–H and O–H groups in total. The fourth-order valence-electron chi connectivity index (χ4n) is 5.29. The van der Waals surface area contributed by atoms with Crippen LogP contribution in [0.25, 0.3) is 0 Å². The molecule has 0 unspecified atom stereocenters. The van der Waals surface area contributed by atoms with E-state index in [2.05, 4.69) is 31.2 Å². The van der Waals surface area contributed by atoms with Gasteiger partial charge in [0, 0.05) is 5.02 Å². The van der Waals surface area contributed by atoms with Crippen molar-refractivity contribution >= 4 is 11.6 Å². The Labute approximate surface area is 154 Å². The summed E-state index contributed by atoms with van der Waals surface area (Å²) in [4.78, 5) is 0. The average molecular weight is 347 g/mol. The zero-order valence-electron chi connectivity index (χ0n) is 15.5. The molecule has 2 fully saturated rings. The van der Waals surface area contributed by atoms with Gasteiger partial charge in [-0.1, -0.05) is 69.2 Å². The smallest absolute Gasteiger partial charge is 0.0406 e. The zero-order chi connectivity index (χ0) is 16.8. The second-order valence-corrected chi connectivity index (χ2v) is 8.88.